The van der Waals surface area contributed by atoms with E-state index in [4.69, 9.17) is 0 Å². The van der Waals surface area contributed by atoms with Crippen molar-refractivity contribution in [2.45, 2.75) is 20.0 Å². The number of aryl methyl sites for hydroxylation is 1. The average Bonchev–Trinajstić information content (AvgIpc) is 2.71. The maximum atomic E-state index is 12.1. The molecule has 0 aliphatic carbocycles. The molecule has 0 saturated carbocycles. The van der Waals surface area contributed by atoms with Crippen molar-refractivity contribution in [3.63, 3.8) is 0 Å². The van der Waals surface area contributed by atoms with E-state index in [2.05, 4.69) is 0 Å². The van der Waals surface area contributed by atoms with Crippen LogP contribution >= 0.6 is 11.3 Å². The first-order chi connectivity index (χ1) is 9.08. The van der Waals surface area contributed by atoms with Gasteiger partial charge in [0.25, 0.3) is 0 Å². The first-order valence-electron chi connectivity index (χ1n) is 6.01. The minimum Gasteiger partial charge on any atom is -0.340 e. The van der Waals surface area contributed by atoms with Crippen LogP contribution in [0.15, 0.2) is 40.5 Å². The maximum Gasteiger partial charge on any atom is 0.307 e. The van der Waals surface area contributed by atoms with Gasteiger partial charge in [0, 0.05) is 24.7 Å². The van der Waals surface area contributed by atoms with E-state index >= 15 is 0 Å². The lowest BCUT2D eigenvalue weighted by Crippen LogP contribution is -2.32. The highest BCUT2D eigenvalue weighted by molar-refractivity contribution is 7.07. The molecule has 1 aromatic heterocycles. The molecule has 0 unspecified atom stereocenters. The molecule has 1 amide bonds. The highest BCUT2D eigenvalue weighted by Crippen LogP contribution is 2.05. The summed E-state index contributed by atoms with van der Waals surface area (Å²) in [6, 6.07) is 9.79. The number of rotatable bonds is 4. The second-order valence-corrected chi connectivity index (χ2v) is 5.29. The Bertz CT molecular complexity index is 616. The fourth-order valence-electron chi connectivity index (χ4n) is 1.80. The number of hydrogen-bond donors (Lipinski definition) is 0. The third-order valence-corrected chi connectivity index (χ3v) is 3.84. The van der Waals surface area contributed by atoms with E-state index in [1.807, 2.05) is 37.3 Å². The molecule has 4 nitrogen and oxygen atoms in total. The number of benzene rings is 1. The van der Waals surface area contributed by atoms with Crippen LogP contribution in [0.4, 0.5) is 0 Å². The summed E-state index contributed by atoms with van der Waals surface area (Å²) in [7, 11) is 1.75. The van der Waals surface area contributed by atoms with Crippen LogP contribution in [0.25, 0.3) is 0 Å². The summed E-state index contributed by atoms with van der Waals surface area (Å²) in [6.07, 6.45) is 0. The van der Waals surface area contributed by atoms with Gasteiger partial charge in [-0.05, 0) is 12.5 Å². The zero-order chi connectivity index (χ0) is 13.8. The SMILES string of the molecule is Cc1csc(=O)n1CC(=O)N(C)Cc1ccccc1. The summed E-state index contributed by atoms with van der Waals surface area (Å²) in [4.78, 5) is 25.2. The molecule has 0 aliphatic heterocycles. The van der Waals surface area contributed by atoms with Gasteiger partial charge in [-0.15, -0.1) is 0 Å². The fourth-order valence-corrected chi connectivity index (χ4v) is 2.53. The number of amides is 1. The van der Waals surface area contributed by atoms with Gasteiger partial charge in [-0.3, -0.25) is 14.2 Å². The van der Waals surface area contributed by atoms with E-state index in [0.717, 1.165) is 22.6 Å². The van der Waals surface area contributed by atoms with Crippen molar-refractivity contribution in [3.05, 3.63) is 56.6 Å². The molecule has 1 heterocycles. The molecule has 0 radical (unpaired) electrons. The quantitative estimate of drug-likeness (QED) is 0.855. The number of aromatic nitrogens is 1. The van der Waals surface area contributed by atoms with E-state index in [1.54, 1.807) is 17.3 Å². The first-order valence-corrected chi connectivity index (χ1v) is 6.88. The van der Waals surface area contributed by atoms with Gasteiger partial charge in [0.2, 0.25) is 5.91 Å². The molecule has 0 bridgehead atoms. The average molecular weight is 276 g/mol. The number of carbonyl (C=O) groups is 1. The maximum absolute atomic E-state index is 12.1. The van der Waals surface area contributed by atoms with Crippen molar-refractivity contribution < 1.29 is 4.79 Å². The summed E-state index contributed by atoms with van der Waals surface area (Å²) in [6.45, 7) is 2.50. The van der Waals surface area contributed by atoms with Gasteiger partial charge < -0.3 is 4.90 Å². The van der Waals surface area contributed by atoms with Gasteiger partial charge in [-0.25, -0.2) is 0 Å². The third kappa shape index (κ3) is 3.32. The second kappa shape index (κ2) is 5.84. The van der Waals surface area contributed by atoms with Crippen LogP contribution in [-0.2, 0) is 17.9 Å². The molecule has 0 atom stereocenters. The molecule has 0 spiro atoms. The topological polar surface area (TPSA) is 42.3 Å². The zero-order valence-corrected chi connectivity index (χ0v) is 11.8. The lowest BCUT2D eigenvalue weighted by Gasteiger charge is -2.17. The third-order valence-electron chi connectivity index (χ3n) is 2.96. The Hall–Kier alpha value is -1.88. The van der Waals surface area contributed by atoms with Gasteiger partial charge in [0.1, 0.15) is 6.54 Å². The van der Waals surface area contributed by atoms with E-state index < -0.39 is 0 Å². The van der Waals surface area contributed by atoms with Gasteiger partial charge in [-0.1, -0.05) is 41.7 Å². The van der Waals surface area contributed by atoms with E-state index in [9.17, 15) is 9.59 Å². The lowest BCUT2D eigenvalue weighted by molar-refractivity contribution is -0.131. The molecule has 0 saturated heterocycles. The summed E-state index contributed by atoms with van der Waals surface area (Å²) < 4.78 is 1.51. The zero-order valence-electron chi connectivity index (χ0n) is 11.0. The summed E-state index contributed by atoms with van der Waals surface area (Å²) in [5, 5.41) is 1.77. The van der Waals surface area contributed by atoms with E-state index in [1.165, 1.54) is 4.57 Å². The van der Waals surface area contributed by atoms with Crippen molar-refractivity contribution in [3.8, 4) is 0 Å². The van der Waals surface area contributed by atoms with Crippen LogP contribution in [0.5, 0.6) is 0 Å². The first kappa shape index (κ1) is 13.5. The molecule has 19 heavy (non-hydrogen) atoms. The predicted octanol–water partition coefficient (Wildman–Crippen LogP) is 1.88. The van der Waals surface area contributed by atoms with Crippen LogP contribution in [0.2, 0.25) is 0 Å². The van der Waals surface area contributed by atoms with Crippen molar-refractivity contribution in [2.75, 3.05) is 7.05 Å². The van der Waals surface area contributed by atoms with Crippen LogP contribution in [-0.4, -0.2) is 22.4 Å². The van der Waals surface area contributed by atoms with Crippen molar-refractivity contribution in [2.24, 2.45) is 0 Å². The van der Waals surface area contributed by atoms with Crippen LogP contribution < -0.4 is 4.87 Å². The number of nitrogens with zero attached hydrogens (tertiary/aromatic N) is 2. The Morgan fingerprint density at radius 2 is 2.00 bits per heavy atom. The van der Waals surface area contributed by atoms with Crippen LogP contribution in [0, 0.1) is 6.92 Å². The smallest absolute Gasteiger partial charge is 0.307 e. The lowest BCUT2D eigenvalue weighted by atomic mass is 10.2. The molecule has 2 aromatic rings. The highest BCUT2D eigenvalue weighted by atomic mass is 32.1. The number of hydrogen-bond acceptors (Lipinski definition) is 3. The van der Waals surface area contributed by atoms with Gasteiger partial charge >= 0.3 is 4.87 Å². The predicted molar refractivity (Wildman–Crippen MR) is 76.2 cm³/mol. The van der Waals surface area contributed by atoms with E-state index in [0.29, 0.717) is 6.54 Å². The molecule has 100 valence electrons. The largest absolute Gasteiger partial charge is 0.340 e. The summed E-state index contributed by atoms with van der Waals surface area (Å²) in [5.74, 6) is -0.0625. The molecular weight excluding hydrogens is 260 g/mol. The standard InChI is InChI=1S/C14H16N2O2S/c1-11-10-19-14(18)16(11)9-13(17)15(2)8-12-6-4-3-5-7-12/h3-7,10H,8-9H2,1-2H3. The normalized spacial score (nSPS) is 10.4. The second-order valence-electron chi connectivity index (χ2n) is 4.46. The molecule has 0 fully saturated rings. The van der Waals surface area contributed by atoms with E-state index in [-0.39, 0.29) is 17.3 Å². The van der Waals surface area contributed by atoms with Crippen molar-refractivity contribution in [1.29, 1.82) is 0 Å². The Kier molecular flexibility index (Phi) is 4.16. The Morgan fingerprint density at radius 1 is 1.32 bits per heavy atom. The van der Waals surface area contributed by atoms with Gasteiger partial charge in [-0.2, -0.15) is 0 Å². The summed E-state index contributed by atoms with van der Waals surface area (Å²) in [5.41, 5.74) is 1.91. The van der Waals surface area contributed by atoms with Crippen molar-refractivity contribution >= 4 is 17.2 Å². The number of carbonyl (C=O) groups excluding carboxylic acids is 1. The Morgan fingerprint density at radius 3 is 2.58 bits per heavy atom. The van der Waals surface area contributed by atoms with Gasteiger partial charge in [0.05, 0.1) is 0 Å². The molecule has 5 heteroatoms. The monoisotopic (exact) mass is 276 g/mol. The molecule has 1 aromatic carbocycles. The molecule has 0 aliphatic rings. The Labute approximate surface area is 115 Å². The molecule has 0 N–H and O–H groups in total. The fraction of sp³-hybridized carbons (Fsp3) is 0.286. The number of thiazole rings is 1. The molecule has 2 rings (SSSR count). The van der Waals surface area contributed by atoms with Crippen LogP contribution in [0.3, 0.4) is 0 Å². The molecular formula is C14H16N2O2S. The minimum atomic E-state index is -0.0843. The van der Waals surface area contributed by atoms with Gasteiger partial charge in [0.15, 0.2) is 0 Å². The highest BCUT2D eigenvalue weighted by Gasteiger charge is 2.12. The Balaban J connectivity index is 2.02. The number of likely N-dealkylation sites (N-methyl/N-ethyl adjacent to an activating group) is 1. The van der Waals surface area contributed by atoms with Crippen LogP contribution in [0.1, 0.15) is 11.3 Å². The van der Waals surface area contributed by atoms with Crippen molar-refractivity contribution in [1.82, 2.24) is 9.47 Å². The summed E-state index contributed by atoms with van der Waals surface area (Å²) >= 11 is 1.13. The minimum absolute atomic E-state index is 0.0625.